The lowest BCUT2D eigenvalue weighted by molar-refractivity contribution is -0.131. The molecule has 0 radical (unpaired) electrons. The summed E-state index contributed by atoms with van der Waals surface area (Å²) in [7, 11) is 1.74. The van der Waals surface area contributed by atoms with Crippen molar-refractivity contribution < 1.29 is 9.18 Å². The van der Waals surface area contributed by atoms with Gasteiger partial charge in [-0.25, -0.2) is 9.07 Å². The number of amides is 1. The number of carbonyl (C=O) groups excluding carboxylic acids is 1. The molecule has 1 aromatic carbocycles. The van der Waals surface area contributed by atoms with Gasteiger partial charge in [-0.05, 0) is 36.1 Å². The average Bonchev–Trinajstić information content (AvgIpc) is 3.34. The van der Waals surface area contributed by atoms with Gasteiger partial charge in [0.2, 0.25) is 5.91 Å². The molecule has 6 nitrogen and oxygen atoms in total. The first-order valence-corrected chi connectivity index (χ1v) is 8.98. The topological polar surface area (TPSA) is 76.5 Å². The summed E-state index contributed by atoms with van der Waals surface area (Å²) in [4.78, 5) is 18.1. The number of rotatable bonds is 6. The summed E-state index contributed by atoms with van der Waals surface area (Å²) in [6.07, 6.45) is 7.17. The molecule has 0 spiro atoms. The monoisotopic (exact) mass is 369 g/mol. The molecule has 0 unspecified atom stereocenters. The Morgan fingerprint density at radius 1 is 1.44 bits per heavy atom. The van der Waals surface area contributed by atoms with Crippen molar-refractivity contribution in [3.05, 3.63) is 59.9 Å². The van der Waals surface area contributed by atoms with E-state index in [1.807, 2.05) is 48.8 Å². The van der Waals surface area contributed by atoms with Crippen LogP contribution < -0.4 is 5.73 Å². The van der Waals surface area contributed by atoms with Crippen LogP contribution in [-0.2, 0) is 11.2 Å². The molecule has 1 aliphatic heterocycles. The van der Waals surface area contributed by atoms with Gasteiger partial charge in [-0.2, -0.15) is 5.10 Å². The highest BCUT2D eigenvalue weighted by Crippen LogP contribution is 2.15. The van der Waals surface area contributed by atoms with Crippen molar-refractivity contribution in [1.82, 2.24) is 14.7 Å². The van der Waals surface area contributed by atoms with Crippen LogP contribution >= 0.6 is 0 Å². The van der Waals surface area contributed by atoms with E-state index in [1.54, 1.807) is 17.9 Å². The predicted molar refractivity (Wildman–Crippen MR) is 104 cm³/mol. The highest BCUT2D eigenvalue weighted by Gasteiger charge is 2.29. The first-order chi connectivity index (χ1) is 13.1. The highest BCUT2D eigenvalue weighted by molar-refractivity contribution is 6.10. The predicted octanol–water partition coefficient (Wildman–Crippen LogP) is 1.91. The maximum Gasteiger partial charge on any atom is 0.239 e. The second-order valence-corrected chi connectivity index (χ2v) is 6.59. The van der Waals surface area contributed by atoms with Gasteiger partial charge in [-0.1, -0.05) is 24.3 Å². The van der Waals surface area contributed by atoms with Crippen molar-refractivity contribution in [2.45, 2.75) is 25.1 Å². The first kappa shape index (κ1) is 19.0. The third kappa shape index (κ3) is 4.89. The van der Waals surface area contributed by atoms with Crippen LogP contribution in [0.3, 0.4) is 0 Å². The number of benzene rings is 1. The van der Waals surface area contributed by atoms with Crippen molar-refractivity contribution in [3.63, 3.8) is 0 Å². The molecule has 27 heavy (non-hydrogen) atoms. The maximum absolute atomic E-state index is 13.3. The zero-order valence-electron chi connectivity index (χ0n) is 15.3. The molecule has 142 valence electrons. The number of likely N-dealkylation sites (tertiary alicyclic amines) is 1. The highest BCUT2D eigenvalue weighted by atomic mass is 19.1. The number of nitrogens with zero attached hydrogens (tertiary/aromatic N) is 4. The van der Waals surface area contributed by atoms with Gasteiger partial charge in [0.15, 0.2) is 0 Å². The van der Waals surface area contributed by atoms with Crippen molar-refractivity contribution in [2.75, 3.05) is 20.1 Å². The lowest BCUT2D eigenvalue weighted by Gasteiger charge is -2.20. The number of aliphatic imine (C=N–C) groups is 1. The van der Waals surface area contributed by atoms with E-state index in [-0.39, 0.29) is 12.5 Å². The SMILES string of the molecule is CN=C(/C=C\n1cccn1)c1ccc(C[C@H](N)C(=O)N2CC[C@@H](F)C2)cc1. The summed E-state index contributed by atoms with van der Waals surface area (Å²) >= 11 is 0. The molecule has 2 atom stereocenters. The Morgan fingerprint density at radius 3 is 2.81 bits per heavy atom. The number of allylic oxidation sites excluding steroid dienone is 1. The van der Waals surface area contributed by atoms with E-state index in [2.05, 4.69) is 10.1 Å². The van der Waals surface area contributed by atoms with Crippen LogP contribution in [-0.4, -0.2) is 58.6 Å². The molecule has 0 aliphatic carbocycles. The summed E-state index contributed by atoms with van der Waals surface area (Å²) in [6.45, 7) is 0.607. The lowest BCUT2D eigenvalue weighted by Crippen LogP contribution is -2.44. The smallest absolute Gasteiger partial charge is 0.239 e. The number of alkyl halides is 1. The fourth-order valence-electron chi connectivity index (χ4n) is 3.12. The third-order valence-corrected chi connectivity index (χ3v) is 4.62. The van der Waals surface area contributed by atoms with E-state index < -0.39 is 12.2 Å². The Balaban J connectivity index is 1.61. The Kier molecular flexibility index (Phi) is 6.13. The molecule has 1 aromatic heterocycles. The molecular formula is C20H24FN5O. The Morgan fingerprint density at radius 2 is 2.22 bits per heavy atom. The molecule has 0 bridgehead atoms. The largest absolute Gasteiger partial charge is 0.338 e. The Labute approximate surface area is 158 Å². The second kappa shape index (κ2) is 8.73. The zero-order valence-corrected chi connectivity index (χ0v) is 15.3. The van der Waals surface area contributed by atoms with Crippen molar-refractivity contribution in [3.8, 4) is 0 Å². The normalized spacial score (nSPS) is 19.0. The van der Waals surface area contributed by atoms with Gasteiger partial charge in [0.05, 0.1) is 18.3 Å². The summed E-state index contributed by atoms with van der Waals surface area (Å²) in [6, 6.07) is 8.99. The molecule has 3 rings (SSSR count). The number of aromatic nitrogens is 2. The van der Waals surface area contributed by atoms with E-state index >= 15 is 0 Å². The molecule has 1 saturated heterocycles. The van der Waals surface area contributed by atoms with Crippen LogP contribution in [0, 0.1) is 0 Å². The van der Waals surface area contributed by atoms with Gasteiger partial charge < -0.3 is 10.6 Å². The lowest BCUT2D eigenvalue weighted by atomic mass is 10.0. The number of hydrogen-bond donors (Lipinski definition) is 1. The Hall–Kier alpha value is -2.80. The number of nitrogens with two attached hydrogens (primary N) is 1. The fourth-order valence-corrected chi connectivity index (χ4v) is 3.12. The van der Waals surface area contributed by atoms with Crippen LogP contribution in [0.5, 0.6) is 0 Å². The molecule has 1 fully saturated rings. The standard InChI is InChI=1S/C20H24FN5O/c1-23-19(8-12-26-10-2-9-24-26)16-5-3-15(4-6-16)13-18(22)20(27)25-11-7-17(21)14-25/h2-6,8-10,12,17-18H,7,11,13-14,22H2,1H3/b12-8-,23-19?/t17-,18+/m1/s1. The molecule has 2 N–H and O–H groups in total. The zero-order chi connectivity index (χ0) is 19.2. The minimum Gasteiger partial charge on any atom is -0.338 e. The van der Waals surface area contributed by atoms with Gasteiger partial charge in [-0.3, -0.25) is 9.79 Å². The summed E-state index contributed by atoms with van der Waals surface area (Å²) in [5, 5.41) is 4.12. The molecule has 2 aromatic rings. The van der Waals surface area contributed by atoms with Crippen molar-refractivity contribution in [2.24, 2.45) is 10.7 Å². The fraction of sp³-hybridized carbons (Fsp3) is 0.350. The van der Waals surface area contributed by atoms with Gasteiger partial charge in [0.1, 0.15) is 6.17 Å². The number of hydrogen-bond acceptors (Lipinski definition) is 4. The minimum atomic E-state index is -0.929. The van der Waals surface area contributed by atoms with Crippen LogP contribution in [0.25, 0.3) is 6.20 Å². The van der Waals surface area contributed by atoms with E-state index in [1.165, 1.54) is 4.90 Å². The van der Waals surface area contributed by atoms with E-state index in [9.17, 15) is 9.18 Å². The molecular weight excluding hydrogens is 345 g/mol. The summed E-state index contributed by atoms with van der Waals surface area (Å²) in [5.41, 5.74) is 8.79. The van der Waals surface area contributed by atoms with E-state index in [4.69, 9.17) is 5.73 Å². The second-order valence-electron chi connectivity index (χ2n) is 6.59. The molecule has 0 saturated carbocycles. The molecule has 1 aliphatic rings. The van der Waals surface area contributed by atoms with Gasteiger partial charge >= 0.3 is 0 Å². The van der Waals surface area contributed by atoms with Gasteiger partial charge in [-0.15, -0.1) is 0 Å². The molecule has 1 amide bonds. The number of halogens is 1. The molecule has 7 heteroatoms. The summed E-state index contributed by atoms with van der Waals surface area (Å²) in [5.74, 6) is -0.183. The van der Waals surface area contributed by atoms with Gasteiger partial charge in [0.25, 0.3) is 0 Å². The van der Waals surface area contributed by atoms with Crippen LogP contribution in [0.15, 0.2) is 53.8 Å². The van der Waals surface area contributed by atoms with Gasteiger partial charge in [0, 0.05) is 32.2 Å². The molecule has 2 heterocycles. The number of carbonyl (C=O) groups is 1. The van der Waals surface area contributed by atoms with Crippen molar-refractivity contribution in [1.29, 1.82) is 0 Å². The third-order valence-electron chi connectivity index (χ3n) is 4.62. The quantitative estimate of drug-likeness (QED) is 0.791. The first-order valence-electron chi connectivity index (χ1n) is 8.98. The van der Waals surface area contributed by atoms with Crippen LogP contribution in [0.4, 0.5) is 4.39 Å². The Bertz CT molecular complexity index is 813. The average molecular weight is 369 g/mol. The van der Waals surface area contributed by atoms with Crippen LogP contribution in [0.1, 0.15) is 17.5 Å². The maximum atomic E-state index is 13.3. The van der Waals surface area contributed by atoms with E-state index in [0.717, 1.165) is 16.8 Å². The van der Waals surface area contributed by atoms with E-state index in [0.29, 0.717) is 19.4 Å². The van der Waals surface area contributed by atoms with Crippen molar-refractivity contribution >= 4 is 17.8 Å². The van der Waals surface area contributed by atoms with Crippen LogP contribution in [0.2, 0.25) is 0 Å². The summed E-state index contributed by atoms with van der Waals surface area (Å²) < 4.78 is 15.0. The minimum absolute atomic E-state index is 0.157.